The molecular weight excluding hydrogens is 287 g/mol. The summed E-state index contributed by atoms with van der Waals surface area (Å²) in [5.41, 5.74) is 5.63. The van der Waals surface area contributed by atoms with Crippen molar-refractivity contribution >= 4 is 29.9 Å². The second-order valence-electron chi connectivity index (χ2n) is 3.89. The lowest BCUT2D eigenvalue weighted by molar-refractivity contribution is 0.217. The quantitative estimate of drug-likeness (QED) is 0.568. The number of hydrogen-bond acceptors (Lipinski definition) is 5. The summed E-state index contributed by atoms with van der Waals surface area (Å²) in [7, 11) is 0. The Balaban J connectivity index is 2.61. The third-order valence-electron chi connectivity index (χ3n) is 2.25. The Bertz CT molecular complexity index is 497. The van der Waals surface area contributed by atoms with Gasteiger partial charge in [0.15, 0.2) is 0 Å². The van der Waals surface area contributed by atoms with E-state index in [2.05, 4.69) is 5.32 Å². The monoisotopic (exact) mass is 304 g/mol. The number of rotatable bonds is 5. The maximum atomic E-state index is 11.9. The van der Waals surface area contributed by atoms with E-state index in [-0.39, 0.29) is 16.7 Å². The third kappa shape index (κ3) is 5.55. The zero-order chi connectivity index (χ0) is 14.5. The van der Waals surface area contributed by atoms with Crippen molar-refractivity contribution in [3.63, 3.8) is 0 Å². The molecule has 0 aliphatic heterocycles. The van der Waals surface area contributed by atoms with E-state index in [1.54, 1.807) is 12.1 Å². The molecule has 4 N–H and O–H groups in total. The number of aromatic hydroxyl groups is 1. The number of para-hydroxylation sites is 2. The molecule has 2 unspecified atom stereocenters. The first-order valence-electron chi connectivity index (χ1n) is 5.69. The Labute approximate surface area is 116 Å². The van der Waals surface area contributed by atoms with E-state index in [0.29, 0.717) is 0 Å². The van der Waals surface area contributed by atoms with Crippen molar-refractivity contribution in [1.82, 2.24) is 0 Å². The van der Waals surface area contributed by atoms with Crippen LogP contribution in [0.2, 0.25) is 0 Å². The van der Waals surface area contributed by atoms with Crippen molar-refractivity contribution in [1.29, 1.82) is 0 Å². The maximum absolute atomic E-state index is 11.9. The van der Waals surface area contributed by atoms with Crippen LogP contribution in [-0.4, -0.2) is 16.4 Å². The molecule has 2 atom stereocenters. The molecule has 0 spiro atoms. The van der Waals surface area contributed by atoms with Gasteiger partial charge in [-0.15, -0.1) is 0 Å². The van der Waals surface area contributed by atoms with Crippen molar-refractivity contribution < 1.29 is 19.0 Å². The van der Waals surface area contributed by atoms with Gasteiger partial charge in [-0.25, -0.2) is 14.9 Å². The Hall–Kier alpha value is -1.17. The molecular formula is C11H17N2O4PS. The summed E-state index contributed by atoms with van der Waals surface area (Å²) in [5, 5.41) is 11.8. The highest BCUT2D eigenvalue weighted by Crippen LogP contribution is 2.55. The third-order valence-corrected chi connectivity index (χ3v) is 5.84. The number of phenolic OH excluding ortho intramolecular Hbond substituents is 1. The summed E-state index contributed by atoms with van der Waals surface area (Å²) < 4.78 is 16.6. The van der Waals surface area contributed by atoms with E-state index in [9.17, 15) is 14.5 Å². The minimum Gasteiger partial charge on any atom is -0.506 e. The lowest BCUT2D eigenvalue weighted by atomic mass is 10.3. The molecule has 0 bridgehead atoms. The minimum absolute atomic E-state index is 0.0220. The molecule has 1 aromatic carbocycles. The normalized spacial score (nSPS) is 15.3. The standard InChI is InChI=1S/C11H17N2O4PS/c1-3-8(2)19-18(12,16)17-11(15)13-9-6-4-5-7-10(9)14/h4-8,14H,3H2,1-2H3,(H2,12,16)(H,13,15). The predicted molar refractivity (Wildman–Crippen MR) is 77.3 cm³/mol. The minimum atomic E-state index is -3.55. The van der Waals surface area contributed by atoms with E-state index in [0.717, 1.165) is 17.8 Å². The molecule has 6 nitrogen and oxygen atoms in total. The van der Waals surface area contributed by atoms with Crippen LogP contribution in [0.3, 0.4) is 0 Å². The van der Waals surface area contributed by atoms with Crippen LogP contribution in [0.4, 0.5) is 10.5 Å². The molecule has 1 amide bonds. The molecule has 0 aromatic heterocycles. The summed E-state index contributed by atoms with van der Waals surface area (Å²) in [6.07, 6.45) is -0.195. The van der Waals surface area contributed by atoms with Crippen LogP contribution >= 0.6 is 18.1 Å². The molecule has 1 rings (SSSR count). The zero-order valence-electron chi connectivity index (χ0n) is 10.7. The number of nitrogens with two attached hydrogens (primary N) is 1. The van der Waals surface area contributed by atoms with Crippen LogP contribution in [0.25, 0.3) is 0 Å². The molecule has 0 aliphatic carbocycles. The molecule has 0 aliphatic rings. The highest BCUT2D eigenvalue weighted by molar-refractivity contribution is 8.56. The number of carbonyl (C=O) groups excluding carboxylic acids is 1. The van der Waals surface area contributed by atoms with Crippen LogP contribution in [-0.2, 0) is 9.09 Å². The van der Waals surface area contributed by atoms with Crippen molar-refractivity contribution in [3.8, 4) is 5.75 Å². The molecule has 8 heteroatoms. The van der Waals surface area contributed by atoms with Gasteiger partial charge in [0.1, 0.15) is 5.75 Å². The summed E-state index contributed by atoms with van der Waals surface area (Å²) in [6.45, 7) is 0.208. The number of benzene rings is 1. The number of nitrogens with one attached hydrogen (secondary N) is 1. The van der Waals surface area contributed by atoms with Gasteiger partial charge < -0.3 is 9.63 Å². The van der Waals surface area contributed by atoms with Crippen LogP contribution in [0.15, 0.2) is 24.3 Å². The van der Waals surface area contributed by atoms with Crippen molar-refractivity contribution in [2.45, 2.75) is 25.5 Å². The lowest BCUT2D eigenvalue weighted by Gasteiger charge is -2.16. The summed E-state index contributed by atoms with van der Waals surface area (Å²) in [6, 6.07) is 6.13. The Morgan fingerprint density at radius 1 is 1.58 bits per heavy atom. The maximum Gasteiger partial charge on any atom is 0.418 e. The second-order valence-corrected chi connectivity index (χ2v) is 8.32. The largest absolute Gasteiger partial charge is 0.506 e. The van der Waals surface area contributed by atoms with Crippen LogP contribution < -0.4 is 10.8 Å². The molecule has 0 saturated carbocycles. The van der Waals surface area contributed by atoms with Gasteiger partial charge in [-0.1, -0.05) is 26.0 Å². The molecule has 0 radical (unpaired) electrons. The van der Waals surface area contributed by atoms with Crippen LogP contribution in [0.1, 0.15) is 20.3 Å². The Morgan fingerprint density at radius 3 is 2.79 bits per heavy atom. The van der Waals surface area contributed by atoms with Gasteiger partial charge in [-0.05, 0) is 29.9 Å². The molecule has 0 heterocycles. The summed E-state index contributed by atoms with van der Waals surface area (Å²) in [5.74, 6) is -0.110. The smallest absolute Gasteiger partial charge is 0.418 e. The average molecular weight is 304 g/mol. The predicted octanol–water partition coefficient (Wildman–Crippen LogP) is 3.54. The highest BCUT2D eigenvalue weighted by atomic mass is 32.7. The van der Waals surface area contributed by atoms with Gasteiger partial charge in [0, 0.05) is 5.25 Å². The van der Waals surface area contributed by atoms with Crippen molar-refractivity contribution in [2.75, 3.05) is 5.32 Å². The number of hydrogen-bond donors (Lipinski definition) is 3. The Morgan fingerprint density at radius 2 is 2.21 bits per heavy atom. The molecule has 1 aromatic rings. The number of carbonyl (C=O) groups is 1. The summed E-state index contributed by atoms with van der Waals surface area (Å²) in [4.78, 5) is 11.5. The van der Waals surface area contributed by atoms with Crippen LogP contribution in [0.5, 0.6) is 5.75 Å². The fourth-order valence-electron chi connectivity index (χ4n) is 1.17. The summed E-state index contributed by atoms with van der Waals surface area (Å²) >= 11 is 0.933. The SMILES string of the molecule is CCC(C)SP(N)(=O)OC(=O)Nc1ccccc1O. The highest BCUT2D eigenvalue weighted by Gasteiger charge is 2.25. The van der Waals surface area contributed by atoms with Crippen LogP contribution in [0, 0.1) is 0 Å². The topological polar surface area (TPSA) is 102 Å². The van der Waals surface area contributed by atoms with Gasteiger partial charge in [-0.2, -0.15) is 0 Å². The Kier molecular flexibility index (Phi) is 5.72. The molecule has 19 heavy (non-hydrogen) atoms. The van der Waals surface area contributed by atoms with E-state index in [1.165, 1.54) is 12.1 Å². The molecule has 0 saturated heterocycles. The fraction of sp³-hybridized carbons (Fsp3) is 0.364. The number of anilines is 1. The first-order valence-corrected chi connectivity index (χ1v) is 8.87. The first kappa shape index (κ1) is 15.9. The van der Waals surface area contributed by atoms with Gasteiger partial charge in [-0.3, -0.25) is 5.32 Å². The van der Waals surface area contributed by atoms with E-state index < -0.39 is 12.8 Å². The van der Waals surface area contributed by atoms with E-state index >= 15 is 0 Å². The first-order chi connectivity index (χ1) is 8.84. The van der Waals surface area contributed by atoms with Gasteiger partial charge in [0.05, 0.1) is 5.69 Å². The average Bonchev–Trinajstić information content (AvgIpc) is 2.30. The van der Waals surface area contributed by atoms with Gasteiger partial charge in [0.25, 0.3) is 0 Å². The zero-order valence-corrected chi connectivity index (χ0v) is 12.4. The van der Waals surface area contributed by atoms with Gasteiger partial charge in [0.2, 0.25) is 0 Å². The molecule has 106 valence electrons. The van der Waals surface area contributed by atoms with E-state index in [4.69, 9.17) is 10.0 Å². The number of amides is 1. The van der Waals surface area contributed by atoms with Crippen molar-refractivity contribution in [3.05, 3.63) is 24.3 Å². The second kappa shape index (κ2) is 6.84. The van der Waals surface area contributed by atoms with Gasteiger partial charge >= 0.3 is 12.8 Å². The molecule has 0 fully saturated rings. The number of phenols is 1. The van der Waals surface area contributed by atoms with Crippen molar-refractivity contribution in [2.24, 2.45) is 5.50 Å². The lowest BCUT2D eigenvalue weighted by Crippen LogP contribution is -2.14. The van der Waals surface area contributed by atoms with E-state index in [1.807, 2.05) is 13.8 Å². The fourth-order valence-corrected chi connectivity index (χ4v) is 4.43.